The summed E-state index contributed by atoms with van der Waals surface area (Å²) in [6.45, 7) is 6.40. The van der Waals surface area contributed by atoms with E-state index in [1.807, 2.05) is 26.8 Å². The molecule has 0 bridgehead atoms. The van der Waals surface area contributed by atoms with Crippen LogP contribution in [0.3, 0.4) is 0 Å². The normalized spacial score (nSPS) is 11.2. The van der Waals surface area contributed by atoms with Crippen LogP contribution in [0, 0.1) is 18.6 Å². The number of thiazole rings is 1. The molecule has 0 aliphatic heterocycles. The molecule has 0 saturated heterocycles. The summed E-state index contributed by atoms with van der Waals surface area (Å²) in [5.74, 6) is -0.446. The van der Waals surface area contributed by atoms with Gasteiger partial charge in [0.25, 0.3) is 0 Å². The van der Waals surface area contributed by atoms with E-state index in [4.69, 9.17) is 9.84 Å². The maximum absolute atomic E-state index is 13.6. The zero-order valence-electron chi connectivity index (χ0n) is 18.5. The Morgan fingerprint density at radius 2 is 1.88 bits per heavy atom. The van der Waals surface area contributed by atoms with Crippen molar-refractivity contribution in [2.24, 2.45) is 0 Å². The predicted molar refractivity (Wildman–Crippen MR) is 123 cm³/mol. The molecule has 3 aromatic rings. The van der Waals surface area contributed by atoms with Crippen LogP contribution < -0.4 is 4.74 Å². The number of carbonyl (C=O) groups excluding carboxylic acids is 1. The smallest absolute Gasteiger partial charge is 0.163 e. The number of hydrogen-bond donors (Lipinski definition) is 1. The van der Waals surface area contributed by atoms with E-state index in [2.05, 4.69) is 4.98 Å². The first-order valence-corrected chi connectivity index (χ1v) is 11.4. The number of hydrogen-bond acceptors (Lipinski definition) is 5. The fraction of sp³-hybridized carbons (Fsp3) is 0.360. The number of Topliss-reactive ketones (excluding diaryl/α,β-unsaturated/α-hetero) is 1. The lowest BCUT2D eigenvalue weighted by Crippen LogP contribution is -2.05. The molecule has 4 nitrogen and oxygen atoms in total. The van der Waals surface area contributed by atoms with E-state index in [1.165, 1.54) is 23.5 Å². The molecule has 0 amide bonds. The van der Waals surface area contributed by atoms with Crippen LogP contribution in [0.1, 0.15) is 59.1 Å². The Balaban J connectivity index is 1.74. The van der Waals surface area contributed by atoms with E-state index in [9.17, 15) is 13.6 Å². The highest BCUT2D eigenvalue weighted by atomic mass is 32.1. The van der Waals surface area contributed by atoms with Crippen LogP contribution in [-0.4, -0.2) is 29.1 Å². The van der Waals surface area contributed by atoms with E-state index in [0.717, 1.165) is 22.2 Å². The van der Waals surface area contributed by atoms with Gasteiger partial charge in [-0.15, -0.1) is 11.3 Å². The molecule has 170 valence electrons. The summed E-state index contributed by atoms with van der Waals surface area (Å²) in [5, 5.41) is 9.42. The van der Waals surface area contributed by atoms with Gasteiger partial charge in [-0.1, -0.05) is 13.8 Å². The largest absolute Gasteiger partial charge is 0.493 e. The van der Waals surface area contributed by atoms with Crippen LogP contribution in [-0.2, 0) is 6.42 Å². The number of carbonyl (C=O) groups is 1. The molecule has 1 heterocycles. The van der Waals surface area contributed by atoms with Crippen molar-refractivity contribution in [1.29, 1.82) is 0 Å². The third-order valence-electron chi connectivity index (χ3n) is 5.02. The Hall–Kier alpha value is -2.64. The number of ether oxygens (including phenoxy) is 1. The number of aliphatic hydroxyl groups is 1. The monoisotopic (exact) mass is 459 g/mol. The van der Waals surface area contributed by atoms with Crippen molar-refractivity contribution in [3.63, 3.8) is 0 Å². The zero-order valence-corrected chi connectivity index (χ0v) is 19.3. The minimum absolute atomic E-state index is 0.0106. The number of aromatic nitrogens is 1. The van der Waals surface area contributed by atoms with Crippen LogP contribution in [0.2, 0.25) is 0 Å². The van der Waals surface area contributed by atoms with Crippen molar-refractivity contribution >= 4 is 17.1 Å². The van der Waals surface area contributed by atoms with Crippen LogP contribution in [0.5, 0.6) is 5.75 Å². The second kappa shape index (κ2) is 10.8. The van der Waals surface area contributed by atoms with Gasteiger partial charge in [-0.25, -0.2) is 13.8 Å². The Morgan fingerprint density at radius 1 is 1.16 bits per heavy atom. The average molecular weight is 460 g/mol. The molecule has 7 heteroatoms. The topological polar surface area (TPSA) is 59.4 Å². The summed E-state index contributed by atoms with van der Waals surface area (Å²) in [7, 11) is 0. The Bertz CT molecular complexity index is 1070. The summed E-state index contributed by atoms with van der Waals surface area (Å²) >= 11 is 1.38. The number of aryl methyl sites for hydroxylation is 2. The number of halogens is 2. The lowest BCUT2D eigenvalue weighted by Gasteiger charge is -2.10. The fourth-order valence-corrected chi connectivity index (χ4v) is 4.60. The van der Waals surface area contributed by atoms with E-state index in [0.29, 0.717) is 47.8 Å². The van der Waals surface area contributed by atoms with Gasteiger partial charge >= 0.3 is 0 Å². The highest BCUT2D eigenvalue weighted by Crippen LogP contribution is 2.33. The second-order valence-corrected chi connectivity index (χ2v) is 9.05. The number of nitrogens with zero attached hydrogens (tertiary/aromatic N) is 1. The van der Waals surface area contributed by atoms with Gasteiger partial charge in [0.2, 0.25) is 0 Å². The van der Waals surface area contributed by atoms with Crippen molar-refractivity contribution in [2.75, 3.05) is 13.2 Å². The van der Waals surface area contributed by atoms with Crippen LogP contribution >= 0.6 is 11.3 Å². The molecular formula is C25H27F2NO3S. The van der Waals surface area contributed by atoms with Gasteiger partial charge in [0.1, 0.15) is 22.4 Å². The predicted octanol–water partition coefficient (Wildman–Crippen LogP) is 6.10. The summed E-state index contributed by atoms with van der Waals surface area (Å²) < 4.78 is 32.9. The Kier molecular flexibility index (Phi) is 8.10. The Morgan fingerprint density at radius 3 is 2.50 bits per heavy atom. The van der Waals surface area contributed by atoms with Gasteiger partial charge in [0.05, 0.1) is 12.3 Å². The van der Waals surface area contributed by atoms with Gasteiger partial charge in [0, 0.05) is 41.5 Å². The quantitative estimate of drug-likeness (QED) is 0.294. The summed E-state index contributed by atoms with van der Waals surface area (Å²) in [6, 6.07) is 8.73. The molecule has 0 unspecified atom stereocenters. The molecule has 0 saturated carbocycles. The second-order valence-electron chi connectivity index (χ2n) is 7.97. The van der Waals surface area contributed by atoms with Gasteiger partial charge in [-0.3, -0.25) is 4.79 Å². The van der Waals surface area contributed by atoms with Gasteiger partial charge < -0.3 is 9.84 Å². The molecule has 32 heavy (non-hydrogen) atoms. The van der Waals surface area contributed by atoms with Crippen LogP contribution in [0.15, 0.2) is 36.4 Å². The molecule has 1 N–H and O–H groups in total. The average Bonchev–Trinajstić information content (AvgIpc) is 3.17. The SMILES string of the molecule is Cc1cc(C(=O)CCc2sc(-c3cc(F)cc(F)c3)nc2C(C)C)ccc1OCCCO. The Labute approximate surface area is 190 Å². The van der Waals surface area contributed by atoms with E-state index in [-0.39, 0.29) is 18.3 Å². The maximum Gasteiger partial charge on any atom is 0.163 e. The van der Waals surface area contributed by atoms with Crippen molar-refractivity contribution in [3.8, 4) is 16.3 Å². The molecule has 0 fully saturated rings. The summed E-state index contributed by atoms with van der Waals surface area (Å²) in [6.07, 6.45) is 1.37. The molecular weight excluding hydrogens is 432 g/mol. The van der Waals surface area contributed by atoms with Gasteiger partial charge in [0.15, 0.2) is 5.78 Å². The first-order chi connectivity index (χ1) is 15.3. The zero-order chi connectivity index (χ0) is 23.3. The molecule has 0 aliphatic rings. The van der Waals surface area contributed by atoms with E-state index < -0.39 is 11.6 Å². The lowest BCUT2D eigenvalue weighted by atomic mass is 10.0. The van der Waals surface area contributed by atoms with Crippen LogP contribution in [0.4, 0.5) is 8.78 Å². The summed E-state index contributed by atoms with van der Waals surface area (Å²) in [5.41, 5.74) is 2.73. The van der Waals surface area contributed by atoms with Crippen molar-refractivity contribution in [3.05, 3.63) is 69.7 Å². The maximum atomic E-state index is 13.6. The van der Waals surface area contributed by atoms with Gasteiger partial charge in [-0.2, -0.15) is 0 Å². The fourth-order valence-electron chi connectivity index (χ4n) is 3.40. The molecule has 0 atom stereocenters. The van der Waals surface area contributed by atoms with Crippen LogP contribution in [0.25, 0.3) is 10.6 Å². The standard InChI is InChI=1S/C25H27F2NO3S/c1-15(2)24-23(32-25(28-24)18-12-19(26)14-20(27)13-18)8-6-21(30)17-5-7-22(16(3)11-17)31-10-4-9-29/h5,7,11-15,29H,4,6,8-10H2,1-3H3. The molecule has 1 aromatic heterocycles. The third-order valence-corrected chi connectivity index (χ3v) is 6.20. The minimum atomic E-state index is -0.641. The van der Waals surface area contributed by atoms with Crippen molar-refractivity contribution in [1.82, 2.24) is 4.98 Å². The number of aliphatic hydroxyl groups excluding tert-OH is 1. The van der Waals surface area contributed by atoms with Crippen molar-refractivity contribution < 1.29 is 23.4 Å². The van der Waals surface area contributed by atoms with Crippen molar-refractivity contribution in [2.45, 2.75) is 46.0 Å². The first kappa shape index (κ1) is 24.0. The number of rotatable bonds is 10. The van der Waals surface area contributed by atoms with Gasteiger partial charge in [-0.05, 0) is 55.2 Å². The highest BCUT2D eigenvalue weighted by Gasteiger charge is 2.18. The lowest BCUT2D eigenvalue weighted by molar-refractivity contribution is 0.0983. The molecule has 0 radical (unpaired) electrons. The molecule has 0 spiro atoms. The molecule has 0 aliphatic carbocycles. The molecule has 3 rings (SSSR count). The number of benzene rings is 2. The molecule has 2 aromatic carbocycles. The first-order valence-electron chi connectivity index (χ1n) is 10.6. The highest BCUT2D eigenvalue weighted by molar-refractivity contribution is 7.15. The third kappa shape index (κ3) is 5.99. The summed E-state index contributed by atoms with van der Waals surface area (Å²) in [4.78, 5) is 18.4. The minimum Gasteiger partial charge on any atom is -0.493 e. The van der Waals surface area contributed by atoms with E-state index >= 15 is 0 Å². The number of ketones is 1. The van der Waals surface area contributed by atoms with E-state index in [1.54, 1.807) is 12.1 Å².